The molecule has 0 bridgehead atoms. The minimum atomic E-state index is -0.516. The molecule has 0 aliphatic rings. The van der Waals surface area contributed by atoms with Crippen molar-refractivity contribution in [3.05, 3.63) is 57.2 Å². The molecule has 0 heterocycles. The van der Waals surface area contributed by atoms with E-state index in [-0.39, 0.29) is 5.91 Å². The van der Waals surface area contributed by atoms with E-state index in [2.05, 4.69) is 47.7 Å². The molecule has 0 radical (unpaired) electrons. The van der Waals surface area contributed by atoms with Crippen LogP contribution >= 0.6 is 22.6 Å². The Hall–Kier alpha value is -0.802. The molecule has 0 spiro atoms. The zero-order chi connectivity index (χ0) is 13.1. The maximum absolute atomic E-state index is 11.4. The van der Waals surface area contributed by atoms with Crippen molar-refractivity contribution >= 4 is 53.0 Å². The van der Waals surface area contributed by atoms with Crippen LogP contribution in [-0.4, -0.2) is 21.7 Å². The summed E-state index contributed by atoms with van der Waals surface area (Å²) in [5, 5.41) is 0. The van der Waals surface area contributed by atoms with E-state index in [1.54, 1.807) is 0 Å². The number of benzene rings is 2. The normalized spacial score (nSPS) is 11.0. The molecule has 18 heavy (non-hydrogen) atoms. The summed E-state index contributed by atoms with van der Waals surface area (Å²) in [5.41, 5.74) is 7.37. The molecule has 0 fully saturated rings. The summed E-state index contributed by atoms with van der Waals surface area (Å²) in [5.74, 6) is -0.336. The van der Waals surface area contributed by atoms with E-state index in [4.69, 9.17) is 5.73 Å². The van der Waals surface area contributed by atoms with Crippen molar-refractivity contribution in [2.45, 2.75) is 6.92 Å². The van der Waals surface area contributed by atoms with Gasteiger partial charge in [-0.05, 0) is 0 Å². The van der Waals surface area contributed by atoms with E-state index in [0.717, 1.165) is 4.35 Å². The first-order chi connectivity index (χ1) is 8.58. The molecule has 1 amide bonds. The number of carbonyl (C=O) groups is 1. The summed E-state index contributed by atoms with van der Waals surface area (Å²) >= 11 is 1.79. The molecule has 2 rings (SSSR count). The average Bonchev–Trinajstić information content (AvgIpc) is 2.33. The quantitative estimate of drug-likeness (QED) is 0.595. The Morgan fingerprint density at radius 3 is 2.56 bits per heavy atom. The van der Waals surface area contributed by atoms with Crippen molar-refractivity contribution in [1.29, 1.82) is 0 Å². The van der Waals surface area contributed by atoms with Gasteiger partial charge in [-0.15, -0.1) is 0 Å². The second-order valence-corrected chi connectivity index (χ2v) is 8.02. The maximum atomic E-state index is 11.4. The van der Waals surface area contributed by atoms with Crippen LogP contribution in [0, 0.1) is 10.5 Å². The van der Waals surface area contributed by atoms with E-state index in [1.165, 1.54) is 13.5 Å². The number of aryl methyl sites for hydroxylation is 1. The number of nitrogens with two attached hydrogens (primary N) is 1. The van der Waals surface area contributed by atoms with Gasteiger partial charge in [0.1, 0.15) is 0 Å². The topological polar surface area (TPSA) is 43.1 Å². The molecule has 2 N–H and O–H groups in total. The minimum absolute atomic E-state index is 0.336. The number of primary amides is 1. The van der Waals surface area contributed by atoms with Crippen molar-refractivity contribution in [3.63, 3.8) is 0 Å². The summed E-state index contributed by atoms with van der Waals surface area (Å²) in [4.78, 5) is 11.4. The van der Waals surface area contributed by atoms with Gasteiger partial charge in [0.05, 0.1) is 0 Å². The number of halogens is 1. The van der Waals surface area contributed by atoms with Crippen LogP contribution in [0.5, 0.6) is 0 Å². The summed E-state index contributed by atoms with van der Waals surface area (Å²) in [7, 11) is 0. The summed E-state index contributed by atoms with van der Waals surface area (Å²) in [6.07, 6.45) is 0. The third kappa shape index (κ3) is 3.15. The molecular weight excluding hydrogens is 400 g/mol. The van der Waals surface area contributed by atoms with Crippen molar-refractivity contribution in [2.24, 2.45) is 5.73 Å². The molecule has 2 aromatic rings. The molecule has 1 atom stereocenters. The van der Waals surface area contributed by atoms with Crippen LogP contribution in [0.15, 0.2) is 42.5 Å². The fraction of sp³-hybridized carbons (Fsp3) is 0.0714. The van der Waals surface area contributed by atoms with Crippen molar-refractivity contribution < 1.29 is 4.79 Å². The monoisotopic (exact) mass is 413 g/mol. The first kappa shape index (κ1) is 13.6. The van der Waals surface area contributed by atoms with Gasteiger partial charge in [0.2, 0.25) is 0 Å². The summed E-state index contributed by atoms with van der Waals surface area (Å²) in [6, 6.07) is 14.1. The molecule has 2 aromatic carbocycles. The fourth-order valence-electron chi connectivity index (χ4n) is 1.72. The van der Waals surface area contributed by atoms with Crippen LogP contribution in [0.1, 0.15) is 15.9 Å². The van der Waals surface area contributed by atoms with Gasteiger partial charge in [-0.2, -0.15) is 0 Å². The Bertz CT molecular complexity index is 598. The van der Waals surface area contributed by atoms with E-state index < -0.39 is 15.8 Å². The second-order valence-electron chi connectivity index (χ2n) is 3.99. The van der Waals surface area contributed by atoms with Gasteiger partial charge >= 0.3 is 128 Å². The molecule has 0 saturated carbocycles. The molecule has 92 valence electrons. The molecular formula is C14H13AsINO. The van der Waals surface area contributed by atoms with Gasteiger partial charge in [-0.1, -0.05) is 0 Å². The van der Waals surface area contributed by atoms with E-state index in [1.807, 2.05) is 24.3 Å². The molecule has 0 aliphatic carbocycles. The predicted molar refractivity (Wildman–Crippen MR) is 85.3 cm³/mol. The van der Waals surface area contributed by atoms with Crippen LogP contribution in [0.25, 0.3) is 0 Å². The van der Waals surface area contributed by atoms with Crippen LogP contribution in [0.4, 0.5) is 0 Å². The van der Waals surface area contributed by atoms with Gasteiger partial charge in [-0.3, -0.25) is 0 Å². The van der Waals surface area contributed by atoms with E-state index in [0.29, 0.717) is 5.56 Å². The number of carbonyl (C=O) groups excluding carboxylic acids is 1. The molecule has 0 aliphatic heterocycles. The fourth-order valence-corrected chi connectivity index (χ4v) is 4.98. The third-order valence-corrected chi connectivity index (χ3v) is 6.54. The van der Waals surface area contributed by atoms with Crippen molar-refractivity contribution in [3.8, 4) is 0 Å². The molecule has 0 saturated heterocycles. The number of hydrogen-bond acceptors (Lipinski definition) is 1. The second kappa shape index (κ2) is 5.89. The van der Waals surface area contributed by atoms with Crippen LogP contribution < -0.4 is 14.4 Å². The third-order valence-electron chi connectivity index (χ3n) is 2.65. The Labute approximate surface area is 127 Å². The zero-order valence-electron chi connectivity index (χ0n) is 9.91. The van der Waals surface area contributed by atoms with Crippen LogP contribution in [0.3, 0.4) is 0 Å². The van der Waals surface area contributed by atoms with Crippen LogP contribution in [-0.2, 0) is 0 Å². The van der Waals surface area contributed by atoms with Gasteiger partial charge in [0.25, 0.3) is 0 Å². The van der Waals surface area contributed by atoms with E-state index >= 15 is 0 Å². The van der Waals surface area contributed by atoms with Gasteiger partial charge < -0.3 is 0 Å². The standard InChI is InChI=1S/C14H13AsINO/c1-9-8-10(16)6-7-12(9)15-13-5-3-2-4-11(13)14(17)18/h2-8,15H,1H3,(H2,17,18). The van der Waals surface area contributed by atoms with Gasteiger partial charge in [0, 0.05) is 0 Å². The Kier molecular flexibility index (Phi) is 4.46. The number of hydrogen-bond donors (Lipinski definition) is 1. The SMILES string of the molecule is Cc1cc(I)ccc1[AsH]c1ccccc1C(N)=O. The van der Waals surface area contributed by atoms with Crippen LogP contribution in [0.2, 0.25) is 0 Å². The first-order valence-corrected chi connectivity index (χ1v) is 8.67. The van der Waals surface area contributed by atoms with Gasteiger partial charge in [0.15, 0.2) is 0 Å². The molecule has 4 heteroatoms. The predicted octanol–water partition coefficient (Wildman–Crippen LogP) is 1.09. The molecule has 0 aromatic heterocycles. The van der Waals surface area contributed by atoms with E-state index in [9.17, 15) is 4.79 Å². The number of rotatable bonds is 3. The van der Waals surface area contributed by atoms with Crippen molar-refractivity contribution in [2.75, 3.05) is 0 Å². The molecule has 2 nitrogen and oxygen atoms in total. The molecule has 1 unspecified atom stereocenters. The van der Waals surface area contributed by atoms with Crippen molar-refractivity contribution in [1.82, 2.24) is 0 Å². The Morgan fingerprint density at radius 2 is 1.89 bits per heavy atom. The Morgan fingerprint density at radius 1 is 1.17 bits per heavy atom. The number of amides is 1. The average molecular weight is 413 g/mol. The van der Waals surface area contributed by atoms with Gasteiger partial charge in [-0.25, -0.2) is 0 Å². The summed E-state index contributed by atoms with van der Waals surface area (Å²) in [6.45, 7) is 2.12. The zero-order valence-corrected chi connectivity index (χ0v) is 14.2. The summed E-state index contributed by atoms with van der Waals surface area (Å²) < 4.78 is 3.70. The Balaban J connectivity index is 2.37. The first-order valence-electron chi connectivity index (χ1n) is 5.50.